The molecule has 0 saturated heterocycles. The summed E-state index contributed by atoms with van der Waals surface area (Å²) in [7, 11) is 0. The Morgan fingerprint density at radius 2 is 1.76 bits per heavy atom. The second-order valence-corrected chi connectivity index (χ2v) is 12.2. The van der Waals surface area contributed by atoms with E-state index >= 15 is 0 Å². The standard InChI is InChI=1S/C28H46O/c1-18(2)19(3)7-8-20(4)24-11-12-25-23-10-9-21-17-22(29)13-15-27(21,5)26(23)14-16-28(24,25)6/h12,18-22,24,29H,7-11,13-17H2,1-6H3/t19-,20+,21?,22-,24+,27-,28+/m0/s1. The Balaban J connectivity index is 1.53. The molecule has 1 saturated carbocycles. The van der Waals surface area contributed by atoms with Gasteiger partial charge in [-0.1, -0.05) is 66.0 Å². The Kier molecular flexibility index (Phi) is 5.86. The van der Waals surface area contributed by atoms with Gasteiger partial charge in [-0.05, 0) is 103 Å². The molecule has 0 bridgehead atoms. The summed E-state index contributed by atoms with van der Waals surface area (Å²) in [5.41, 5.74) is 6.13. The summed E-state index contributed by atoms with van der Waals surface area (Å²) in [6.07, 6.45) is 15.2. The van der Waals surface area contributed by atoms with Crippen LogP contribution < -0.4 is 0 Å². The summed E-state index contributed by atoms with van der Waals surface area (Å²) in [6, 6.07) is 0. The van der Waals surface area contributed by atoms with Crippen molar-refractivity contribution in [3.05, 3.63) is 22.8 Å². The number of fused-ring (bicyclic) bond motifs is 4. The van der Waals surface area contributed by atoms with Gasteiger partial charge < -0.3 is 5.11 Å². The van der Waals surface area contributed by atoms with E-state index in [4.69, 9.17) is 0 Å². The molecule has 7 atom stereocenters. The fourth-order valence-electron chi connectivity index (χ4n) is 7.79. The van der Waals surface area contributed by atoms with Crippen molar-refractivity contribution in [1.82, 2.24) is 0 Å². The fraction of sp³-hybridized carbons (Fsp3) is 0.857. The zero-order valence-electron chi connectivity index (χ0n) is 20.1. The topological polar surface area (TPSA) is 20.2 Å². The van der Waals surface area contributed by atoms with Gasteiger partial charge in [-0.15, -0.1) is 0 Å². The van der Waals surface area contributed by atoms with Crippen LogP contribution in [-0.2, 0) is 0 Å². The average molecular weight is 399 g/mol. The summed E-state index contributed by atoms with van der Waals surface area (Å²) in [5.74, 6) is 4.03. The lowest BCUT2D eigenvalue weighted by Crippen LogP contribution is -2.44. The van der Waals surface area contributed by atoms with E-state index in [-0.39, 0.29) is 6.10 Å². The summed E-state index contributed by atoms with van der Waals surface area (Å²) >= 11 is 0. The average Bonchev–Trinajstić information content (AvgIpc) is 3.03. The van der Waals surface area contributed by atoms with E-state index in [1.54, 1.807) is 11.1 Å². The highest BCUT2D eigenvalue weighted by Gasteiger charge is 2.52. The van der Waals surface area contributed by atoms with Crippen LogP contribution in [-0.4, -0.2) is 11.2 Å². The molecule has 0 radical (unpaired) electrons. The highest BCUT2D eigenvalue weighted by molar-refractivity contribution is 5.49. The van der Waals surface area contributed by atoms with Crippen LogP contribution in [0, 0.1) is 40.4 Å². The van der Waals surface area contributed by atoms with Crippen molar-refractivity contribution in [1.29, 1.82) is 0 Å². The fourth-order valence-corrected chi connectivity index (χ4v) is 7.79. The summed E-state index contributed by atoms with van der Waals surface area (Å²) in [5, 5.41) is 10.2. The first-order valence-corrected chi connectivity index (χ1v) is 12.8. The van der Waals surface area contributed by atoms with Gasteiger partial charge in [0.15, 0.2) is 0 Å². The predicted molar refractivity (Wildman–Crippen MR) is 124 cm³/mol. The molecule has 4 aliphatic carbocycles. The molecule has 0 amide bonds. The van der Waals surface area contributed by atoms with E-state index in [1.165, 1.54) is 51.4 Å². The number of aliphatic hydroxyl groups is 1. The van der Waals surface area contributed by atoms with Crippen LogP contribution in [0.25, 0.3) is 0 Å². The molecule has 164 valence electrons. The molecule has 4 rings (SSSR count). The molecule has 1 heteroatoms. The van der Waals surface area contributed by atoms with Crippen LogP contribution >= 0.6 is 0 Å². The molecule has 0 aliphatic heterocycles. The maximum Gasteiger partial charge on any atom is 0.0543 e. The number of hydrogen-bond acceptors (Lipinski definition) is 1. The van der Waals surface area contributed by atoms with Crippen molar-refractivity contribution >= 4 is 0 Å². The lowest BCUT2D eigenvalue weighted by Gasteiger charge is -2.54. The van der Waals surface area contributed by atoms with Crippen LogP contribution in [0.4, 0.5) is 0 Å². The highest BCUT2D eigenvalue weighted by Crippen LogP contribution is 2.64. The Morgan fingerprint density at radius 1 is 1.00 bits per heavy atom. The lowest BCUT2D eigenvalue weighted by molar-refractivity contribution is 0.0225. The summed E-state index contributed by atoms with van der Waals surface area (Å²) < 4.78 is 0. The van der Waals surface area contributed by atoms with E-state index in [2.05, 4.69) is 47.6 Å². The Morgan fingerprint density at radius 3 is 2.48 bits per heavy atom. The second kappa shape index (κ2) is 7.85. The molecule has 1 fully saturated rings. The molecule has 1 N–H and O–H groups in total. The highest BCUT2D eigenvalue weighted by atomic mass is 16.3. The molecular weight excluding hydrogens is 352 g/mol. The molecule has 4 aliphatic rings. The number of hydrogen-bond donors (Lipinski definition) is 1. The van der Waals surface area contributed by atoms with Gasteiger partial charge in [0.1, 0.15) is 0 Å². The van der Waals surface area contributed by atoms with E-state index in [1.807, 2.05) is 5.57 Å². The van der Waals surface area contributed by atoms with Gasteiger partial charge in [-0.25, -0.2) is 0 Å². The van der Waals surface area contributed by atoms with Gasteiger partial charge >= 0.3 is 0 Å². The largest absolute Gasteiger partial charge is 0.393 e. The molecular formula is C28H46O. The number of rotatable bonds is 5. The minimum Gasteiger partial charge on any atom is -0.393 e. The first kappa shape index (κ1) is 21.7. The maximum atomic E-state index is 10.2. The third kappa shape index (κ3) is 3.58. The van der Waals surface area contributed by atoms with Crippen molar-refractivity contribution in [3.63, 3.8) is 0 Å². The second-order valence-electron chi connectivity index (χ2n) is 12.2. The quantitative estimate of drug-likeness (QED) is 0.503. The first-order chi connectivity index (χ1) is 13.7. The SMILES string of the molecule is CC(C)[C@@H](C)CC[C@@H](C)[C@H]1CC=C2C3=C(CC[C@@]21C)[C@@]1(C)CC[C@H](O)CC1CC3. The minimum atomic E-state index is -0.0479. The van der Waals surface area contributed by atoms with E-state index in [0.717, 1.165) is 36.5 Å². The van der Waals surface area contributed by atoms with Crippen molar-refractivity contribution in [3.8, 4) is 0 Å². The van der Waals surface area contributed by atoms with E-state index < -0.39 is 0 Å². The third-order valence-electron chi connectivity index (χ3n) is 10.4. The van der Waals surface area contributed by atoms with Gasteiger partial charge in [0.05, 0.1) is 6.10 Å². The minimum absolute atomic E-state index is 0.0479. The van der Waals surface area contributed by atoms with Crippen LogP contribution in [0.3, 0.4) is 0 Å². The van der Waals surface area contributed by atoms with Crippen LogP contribution in [0.2, 0.25) is 0 Å². The van der Waals surface area contributed by atoms with Crippen LogP contribution in [0.1, 0.15) is 106 Å². The van der Waals surface area contributed by atoms with Crippen molar-refractivity contribution in [2.75, 3.05) is 0 Å². The molecule has 29 heavy (non-hydrogen) atoms. The zero-order valence-corrected chi connectivity index (χ0v) is 20.1. The van der Waals surface area contributed by atoms with Gasteiger partial charge in [-0.2, -0.15) is 0 Å². The first-order valence-electron chi connectivity index (χ1n) is 12.8. The smallest absolute Gasteiger partial charge is 0.0543 e. The summed E-state index contributed by atoms with van der Waals surface area (Å²) in [4.78, 5) is 0. The van der Waals surface area contributed by atoms with Gasteiger partial charge in [-0.3, -0.25) is 0 Å². The molecule has 1 unspecified atom stereocenters. The van der Waals surface area contributed by atoms with Crippen molar-refractivity contribution in [2.24, 2.45) is 40.4 Å². The Labute approximate surface area is 180 Å². The molecule has 0 spiro atoms. The van der Waals surface area contributed by atoms with Crippen LogP contribution in [0.15, 0.2) is 22.8 Å². The number of aliphatic hydroxyl groups excluding tert-OH is 1. The summed E-state index contributed by atoms with van der Waals surface area (Å²) in [6.45, 7) is 14.9. The van der Waals surface area contributed by atoms with Gasteiger partial charge in [0.2, 0.25) is 0 Å². The monoisotopic (exact) mass is 398 g/mol. The Hall–Kier alpha value is -0.560. The van der Waals surface area contributed by atoms with Gasteiger partial charge in [0, 0.05) is 0 Å². The van der Waals surface area contributed by atoms with E-state index in [0.29, 0.717) is 16.7 Å². The van der Waals surface area contributed by atoms with Gasteiger partial charge in [0.25, 0.3) is 0 Å². The normalized spacial score (nSPS) is 41.5. The van der Waals surface area contributed by atoms with E-state index in [9.17, 15) is 5.11 Å². The number of allylic oxidation sites excluding steroid dienone is 4. The molecule has 0 heterocycles. The molecule has 1 nitrogen and oxygen atoms in total. The molecule has 0 aromatic carbocycles. The zero-order chi connectivity index (χ0) is 21.0. The maximum absolute atomic E-state index is 10.2. The molecule has 0 aromatic rings. The molecule has 0 aromatic heterocycles. The van der Waals surface area contributed by atoms with Crippen molar-refractivity contribution in [2.45, 2.75) is 112 Å². The van der Waals surface area contributed by atoms with Crippen molar-refractivity contribution < 1.29 is 5.11 Å². The van der Waals surface area contributed by atoms with Crippen LogP contribution in [0.5, 0.6) is 0 Å². The lowest BCUT2D eigenvalue weighted by atomic mass is 9.51. The Bertz CT molecular complexity index is 684. The predicted octanol–water partition coefficient (Wildman–Crippen LogP) is 7.70. The third-order valence-corrected chi connectivity index (χ3v) is 10.4.